The van der Waals surface area contributed by atoms with E-state index in [-0.39, 0.29) is 6.61 Å². The number of ether oxygens (including phenoxy) is 1. The summed E-state index contributed by atoms with van der Waals surface area (Å²) in [5.74, 6) is 1.69. The molecule has 0 aromatic carbocycles. The molecule has 1 aliphatic carbocycles. The van der Waals surface area contributed by atoms with Gasteiger partial charge in [-0.25, -0.2) is 4.98 Å². The highest BCUT2D eigenvalue weighted by Crippen LogP contribution is 2.29. The highest BCUT2D eigenvalue weighted by molar-refractivity contribution is 5.08. The predicted molar refractivity (Wildman–Crippen MR) is 46.2 cm³/mol. The minimum atomic E-state index is -0.138. The Labute approximate surface area is 76.6 Å². The first-order valence-corrected chi connectivity index (χ1v) is 4.44. The number of hydrogen-bond acceptors (Lipinski definition) is 4. The molecule has 1 saturated carbocycles. The summed E-state index contributed by atoms with van der Waals surface area (Å²) in [7, 11) is 0. The zero-order valence-electron chi connectivity index (χ0n) is 7.31. The quantitative estimate of drug-likeness (QED) is 0.743. The zero-order valence-corrected chi connectivity index (χ0v) is 7.31. The van der Waals surface area contributed by atoms with E-state index in [4.69, 9.17) is 9.84 Å². The van der Waals surface area contributed by atoms with Crippen molar-refractivity contribution in [1.29, 1.82) is 0 Å². The molecule has 0 radical (unpaired) electrons. The summed E-state index contributed by atoms with van der Waals surface area (Å²) in [6.45, 7) is 0.600. The van der Waals surface area contributed by atoms with Gasteiger partial charge in [-0.1, -0.05) is 0 Å². The van der Waals surface area contributed by atoms with Crippen LogP contribution in [0.15, 0.2) is 12.3 Å². The lowest BCUT2D eigenvalue weighted by molar-refractivity contribution is 0.259. The van der Waals surface area contributed by atoms with Crippen molar-refractivity contribution >= 4 is 0 Å². The van der Waals surface area contributed by atoms with Gasteiger partial charge in [0.05, 0.1) is 6.61 Å². The highest BCUT2D eigenvalue weighted by atomic mass is 16.5. The summed E-state index contributed by atoms with van der Waals surface area (Å²) >= 11 is 0. The molecule has 2 rings (SSSR count). The Balaban J connectivity index is 1.93. The van der Waals surface area contributed by atoms with Crippen molar-refractivity contribution in [1.82, 2.24) is 9.97 Å². The molecule has 1 aromatic rings. The summed E-state index contributed by atoms with van der Waals surface area (Å²) in [4.78, 5) is 7.87. The number of aromatic nitrogens is 2. The molecule has 4 nitrogen and oxygen atoms in total. The molecular formula is C9H12N2O2. The van der Waals surface area contributed by atoms with E-state index in [0.717, 1.165) is 6.61 Å². The van der Waals surface area contributed by atoms with Crippen LogP contribution in [-0.4, -0.2) is 21.7 Å². The van der Waals surface area contributed by atoms with Crippen molar-refractivity contribution in [3.63, 3.8) is 0 Å². The molecule has 1 aliphatic rings. The van der Waals surface area contributed by atoms with E-state index in [1.54, 1.807) is 12.3 Å². The van der Waals surface area contributed by atoms with Crippen LogP contribution in [0.25, 0.3) is 0 Å². The van der Waals surface area contributed by atoms with Gasteiger partial charge in [-0.2, -0.15) is 4.98 Å². The molecular weight excluding hydrogens is 168 g/mol. The maximum atomic E-state index is 8.77. The maximum Gasteiger partial charge on any atom is 0.216 e. The molecule has 1 fully saturated rings. The molecule has 0 unspecified atom stereocenters. The fourth-order valence-electron chi connectivity index (χ4n) is 1.02. The molecule has 0 atom stereocenters. The lowest BCUT2D eigenvalue weighted by Gasteiger charge is -2.03. The third-order valence-electron chi connectivity index (χ3n) is 1.99. The predicted octanol–water partition coefficient (Wildman–Crippen LogP) is 0.758. The van der Waals surface area contributed by atoms with Crippen LogP contribution >= 0.6 is 0 Å². The minimum absolute atomic E-state index is 0.138. The number of rotatable bonds is 4. The van der Waals surface area contributed by atoms with Crippen LogP contribution in [0, 0.1) is 5.92 Å². The fraction of sp³-hybridized carbons (Fsp3) is 0.556. The molecule has 70 valence electrons. The highest BCUT2D eigenvalue weighted by Gasteiger charge is 2.22. The van der Waals surface area contributed by atoms with E-state index in [1.807, 2.05) is 0 Å². The molecule has 0 saturated heterocycles. The molecule has 0 amide bonds. The van der Waals surface area contributed by atoms with Gasteiger partial charge in [-0.15, -0.1) is 0 Å². The topological polar surface area (TPSA) is 55.2 Å². The second-order valence-corrected chi connectivity index (χ2v) is 3.22. The molecule has 1 N–H and O–H groups in total. The second-order valence-electron chi connectivity index (χ2n) is 3.22. The van der Waals surface area contributed by atoms with Crippen LogP contribution in [-0.2, 0) is 6.61 Å². The summed E-state index contributed by atoms with van der Waals surface area (Å²) in [5, 5.41) is 8.77. The van der Waals surface area contributed by atoms with Gasteiger partial charge in [-0.05, 0) is 18.8 Å². The molecule has 1 heterocycles. The number of hydrogen-bond donors (Lipinski definition) is 1. The van der Waals surface area contributed by atoms with Crippen LogP contribution in [0.2, 0.25) is 0 Å². The molecule has 13 heavy (non-hydrogen) atoms. The van der Waals surface area contributed by atoms with Crippen molar-refractivity contribution in [3.8, 4) is 5.88 Å². The van der Waals surface area contributed by atoms with E-state index < -0.39 is 0 Å². The number of nitrogens with zero attached hydrogens (tertiary/aromatic N) is 2. The maximum absolute atomic E-state index is 8.77. The third kappa shape index (κ3) is 2.39. The van der Waals surface area contributed by atoms with Crippen LogP contribution in [0.5, 0.6) is 5.88 Å². The van der Waals surface area contributed by atoms with Gasteiger partial charge in [0, 0.05) is 12.3 Å². The number of aliphatic hydroxyl groups excluding tert-OH is 1. The summed E-state index contributed by atoms with van der Waals surface area (Å²) in [6.07, 6.45) is 4.12. The van der Waals surface area contributed by atoms with Gasteiger partial charge >= 0.3 is 0 Å². The molecule has 0 aliphatic heterocycles. The first-order chi connectivity index (χ1) is 6.38. The lowest BCUT2D eigenvalue weighted by atomic mass is 10.5. The Kier molecular flexibility index (Phi) is 2.40. The van der Waals surface area contributed by atoms with E-state index in [2.05, 4.69) is 9.97 Å². The van der Waals surface area contributed by atoms with Crippen molar-refractivity contribution in [2.45, 2.75) is 19.4 Å². The van der Waals surface area contributed by atoms with E-state index in [1.165, 1.54) is 12.8 Å². The van der Waals surface area contributed by atoms with E-state index in [9.17, 15) is 0 Å². The van der Waals surface area contributed by atoms with Crippen molar-refractivity contribution in [2.24, 2.45) is 5.92 Å². The van der Waals surface area contributed by atoms with Gasteiger partial charge in [0.1, 0.15) is 6.61 Å². The molecule has 0 spiro atoms. The average Bonchev–Trinajstić information content (AvgIpc) is 2.99. The van der Waals surface area contributed by atoms with Crippen molar-refractivity contribution in [2.75, 3.05) is 6.61 Å². The Morgan fingerprint density at radius 3 is 3.08 bits per heavy atom. The summed E-state index contributed by atoms with van der Waals surface area (Å²) < 4.78 is 5.41. The van der Waals surface area contributed by atoms with Gasteiger partial charge in [0.15, 0.2) is 5.82 Å². The zero-order chi connectivity index (χ0) is 9.10. The minimum Gasteiger partial charge on any atom is -0.477 e. The van der Waals surface area contributed by atoms with Crippen LogP contribution in [0.3, 0.4) is 0 Å². The Morgan fingerprint density at radius 1 is 1.54 bits per heavy atom. The van der Waals surface area contributed by atoms with Gasteiger partial charge < -0.3 is 9.84 Å². The van der Waals surface area contributed by atoms with Gasteiger partial charge in [-0.3, -0.25) is 0 Å². The summed E-state index contributed by atoms with van der Waals surface area (Å²) in [6, 6.07) is 1.71. The van der Waals surface area contributed by atoms with Crippen molar-refractivity contribution in [3.05, 3.63) is 18.1 Å². The third-order valence-corrected chi connectivity index (χ3v) is 1.99. The van der Waals surface area contributed by atoms with Crippen LogP contribution in [0.1, 0.15) is 18.7 Å². The normalized spacial score (nSPS) is 15.8. The van der Waals surface area contributed by atoms with Gasteiger partial charge in [0.2, 0.25) is 5.88 Å². The summed E-state index contributed by atoms with van der Waals surface area (Å²) in [5.41, 5.74) is 0. The largest absolute Gasteiger partial charge is 0.477 e. The lowest BCUT2D eigenvalue weighted by Crippen LogP contribution is -2.03. The van der Waals surface area contributed by atoms with Crippen LogP contribution < -0.4 is 4.74 Å². The molecule has 4 heteroatoms. The Bertz CT molecular complexity index is 287. The smallest absolute Gasteiger partial charge is 0.216 e. The van der Waals surface area contributed by atoms with Crippen LogP contribution in [0.4, 0.5) is 0 Å². The number of aliphatic hydroxyl groups is 1. The molecule has 1 aromatic heterocycles. The first-order valence-electron chi connectivity index (χ1n) is 4.44. The SMILES string of the molecule is OCc1nccc(OCC2CC2)n1. The Morgan fingerprint density at radius 2 is 2.38 bits per heavy atom. The fourth-order valence-corrected chi connectivity index (χ4v) is 1.02. The average molecular weight is 180 g/mol. The first kappa shape index (κ1) is 8.44. The second kappa shape index (κ2) is 3.70. The molecule has 0 bridgehead atoms. The monoisotopic (exact) mass is 180 g/mol. The van der Waals surface area contributed by atoms with Crippen molar-refractivity contribution < 1.29 is 9.84 Å². The Hall–Kier alpha value is -1.16. The van der Waals surface area contributed by atoms with E-state index >= 15 is 0 Å². The van der Waals surface area contributed by atoms with Gasteiger partial charge in [0.25, 0.3) is 0 Å². The standard InChI is InChI=1S/C9H12N2O2/c12-5-8-10-4-3-9(11-8)13-6-7-1-2-7/h3-4,7,12H,1-2,5-6H2. The van der Waals surface area contributed by atoms with E-state index in [0.29, 0.717) is 17.6 Å².